The molecule has 3 N–H and O–H groups in total. The molecule has 1 aliphatic rings. The van der Waals surface area contributed by atoms with Gasteiger partial charge in [-0.05, 0) is 24.1 Å². The predicted octanol–water partition coefficient (Wildman–Crippen LogP) is 0.576. The van der Waals surface area contributed by atoms with Gasteiger partial charge in [-0.1, -0.05) is 0 Å². The number of aliphatic hydroxyl groups excluding tert-OH is 1. The summed E-state index contributed by atoms with van der Waals surface area (Å²) in [4.78, 5) is 22.8. The quantitative estimate of drug-likeness (QED) is 0.717. The fraction of sp³-hybridized carbons (Fsp3) is 0.286. The number of nitrogens with one attached hydrogen (secondary N) is 2. The Labute approximate surface area is 118 Å². The van der Waals surface area contributed by atoms with Gasteiger partial charge < -0.3 is 15.2 Å². The van der Waals surface area contributed by atoms with E-state index >= 15 is 0 Å². The van der Waals surface area contributed by atoms with Gasteiger partial charge in [-0.3, -0.25) is 14.9 Å². The van der Waals surface area contributed by atoms with E-state index in [9.17, 15) is 19.1 Å². The van der Waals surface area contributed by atoms with Gasteiger partial charge in [-0.25, -0.2) is 4.39 Å². The first kappa shape index (κ1) is 13.7. The third kappa shape index (κ3) is 1.85. The minimum atomic E-state index is -1.03. The number of aryl methyl sites for hydroxylation is 1. The lowest BCUT2D eigenvalue weighted by Crippen LogP contribution is -2.34. The van der Waals surface area contributed by atoms with Gasteiger partial charge in [-0.2, -0.15) is 0 Å². The lowest BCUT2D eigenvalue weighted by atomic mass is 10.0. The van der Waals surface area contributed by atoms with Gasteiger partial charge >= 0.3 is 0 Å². The molecule has 1 aliphatic heterocycles. The van der Waals surface area contributed by atoms with E-state index in [1.807, 2.05) is 0 Å². The van der Waals surface area contributed by atoms with Crippen LogP contribution in [-0.2, 0) is 6.54 Å². The summed E-state index contributed by atoms with van der Waals surface area (Å²) in [7, 11) is 1.26. The van der Waals surface area contributed by atoms with Crippen LogP contribution in [0.25, 0.3) is 0 Å². The fourth-order valence-corrected chi connectivity index (χ4v) is 2.61. The number of ether oxygens (including phenoxy) is 1. The van der Waals surface area contributed by atoms with Crippen molar-refractivity contribution in [2.45, 2.75) is 19.7 Å². The van der Waals surface area contributed by atoms with Crippen molar-refractivity contribution in [3.8, 4) is 5.75 Å². The van der Waals surface area contributed by atoms with Gasteiger partial charge in [0.2, 0.25) is 0 Å². The molecule has 2 aromatic carbocycles. The zero-order valence-electron chi connectivity index (χ0n) is 11.4. The van der Waals surface area contributed by atoms with Crippen molar-refractivity contribution in [3.63, 3.8) is 0 Å². The molecule has 6 nitrogen and oxygen atoms in total. The Morgan fingerprint density at radius 3 is 2.76 bits per heavy atom. The summed E-state index contributed by atoms with van der Waals surface area (Å²) < 4.78 is 19.0. The number of benzene rings is 1. The van der Waals surface area contributed by atoms with Crippen molar-refractivity contribution in [1.82, 2.24) is 5.32 Å². The minimum Gasteiger partial charge on any atom is -0.491 e. The zero-order chi connectivity index (χ0) is 15.3. The van der Waals surface area contributed by atoms with Gasteiger partial charge in [0.1, 0.15) is 17.7 Å². The smallest absolute Gasteiger partial charge is 0.272 e. The Kier molecular flexibility index (Phi) is 3.03. The molecule has 0 amide bonds. The van der Waals surface area contributed by atoms with E-state index in [0.29, 0.717) is 17.7 Å². The van der Waals surface area contributed by atoms with Crippen LogP contribution in [-0.4, -0.2) is 12.2 Å². The molecule has 0 bridgehead atoms. The number of halogens is 1. The van der Waals surface area contributed by atoms with Gasteiger partial charge in [0.25, 0.3) is 10.9 Å². The van der Waals surface area contributed by atoms with E-state index in [0.717, 1.165) is 5.56 Å². The number of anilines is 2. The van der Waals surface area contributed by atoms with Crippen molar-refractivity contribution in [2.75, 3.05) is 12.4 Å². The standard InChI is InChI=1S/C14H13FN2O4/c1-5-3-7(15)9(8-6(5)4-16-14(8)20)17-10-11(18)12(19)13(10)21-2/h3,14,16-17,20H,4H2,1-2H3. The first-order valence-corrected chi connectivity index (χ1v) is 6.33. The largest absolute Gasteiger partial charge is 0.491 e. The molecule has 0 saturated heterocycles. The molecule has 7 heteroatoms. The van der Waals surface area contributed by atoms with Gasteiger partial charge in [0, 0.05) is 12.1 Å². The average molecular weight is 292 g/mol. The molecule has 0 aliphatic carbocycles. The molecule has 110 valence electrons. The van der Waals surface area contributed by atoms with E-state index < -0.39 is 22.9 Å². The first-order chi connectivity index (χ1) is 9.95. The highest BCUT2D eigenvalue weighted by molar-refractivity contribution is 5.74. The molecule has 0 saturated carbocycles. The molecule has 1 atom stereocenters. The van der Waals surface area contributed by atoms with E-state index in [2.05, 4.69) is 10.6 Å². The molecule has 0 aromatic heterocycles. The zero-order valence-corrected chi connectivity index (χ0v) is 11.4. The van der Waals surface area contributed by atoms with Crippen LogP contribution in [0.3, 0.4) is 0 Å². The molecule has 3 rings (SSSR count). The summed E-state index contributed by atoms with van der Waals surface area (Å²) in [6, 6.07) is 1.32. The van der Waals surface area contributed by atoms with Crippen molar-refractivity contribution in [1.29, 1.82) is 0 Å². The topological polar surface area (TPSA) is 87.7 Å². The summed E-state index contributed by atoms with van der Waals surface area (Å²) in [5, 5.41) is 15.3. The lowest BCUT2D eigenvalue weighted by Gasteiger charge is -2.17. The van der Waals surface area contributed by atoms with Crippen LogP contribution in [0.4, 0.5) is 15.8 Å². The third-order valence-electron chi connectivity index (χ3n) is 3.72. The summed E-state index contributed by atoms with van der Waals surface area (Å²) in [6.45, 7) is 2.14. The number of methoxy groups -OCH3 is 1. The fourth-order valence-electron chi connectivity index (χ4n) is 2.61. The Hall–Kier alpha value is -2.25. The highest BCUT2D eigenvalue weighted by Gasteiger charge is 2.30. The second-order valence-electron chi connectivity index (χ2n) is 4.92. The van der Waals surface area contributed by atoms with Gasteiger partial charge in [-0.15, -0.1) is 0 Å². The molecule has 1 heterocycles. The highest BCUT2D eigenvalue weighted by atomic mass is 19.1. The monoisotopic (exact) mass is 292 g/mol. The van der Waals surface area contributed by atoms with Crippen LogP contribution in [0, 0.1) is 12.7 Å². The Bertz CT molecular complexity index is 808. The van der Waals surface area contributed by atoms with Crippen molar-refractivity contribution in [2.24, 2.45) is 0 Å². The Morgan fingerprint density at radius 2 is 2.10 bits per heavy atom. The number of hydrogen-bond acceptors (Lipinski definition) is 6. The molecular weight excluding hydrogens is 279 g/mol. The number of fused-ring (bicyclic) bond motifs is 1. The Balaban J connectivity index is 2.12. The van der Waals surface area contributed by atoms with E-state index in [4.69, 9.17) is 4.74 Å². The average Bonchev–Trinajstić information content (AvgIpc) is 2.84. The first-order valence-electron chi connectivity index (χ1n) is 6.33. The van der Waals surface area contributed by atoms with Crippen molar-refractivity contribution < 1.29 is 14.2 Å². The summed E-state index contributed by atoms with van der Waals surface area (Å²) in [5.41, 5.74) is 0.203. The SMILES string of the molecule is COc1c(Nc2c(F)cc(C)c3c2C(O)NC3)c(=O)c1=O. The second kappa shape index (κ2) is 4.64. The lowest BCUT2D eigenvalue weighted by molar-refractivity contribution is 0.152. The van der Waals surface area contributed by atoms with Crippen molar-refractivity contribution >= 4 is 11.4 Å². The molecule has 0 spiro atoms. The Morgan fingerprint density at radius 1 is 1.38 bits per heavy atom. The number of hydrogen-bond donors (Lipinski definition) is 3. The number of rotatable bonds is 3. The van der Waals surface area contributed by atoms with Crippen LogP contribution >= 0.6 is 0 Å². The maximum Gasteiger partial charge on any atom is 0.272 e. The van der Waals surface area contributed by atoms with Crippen LogP contribution < -0.4 is 26.2 Å². The van der Waals surface area contributed by atoms with Crippen LogP contribution in [0.2, 0.25) is 0 Å². The van der Waals surface area contributed by atoms with Gasteiger partial charge in [0.05, 0.1) is 12.8 Å². The normalized spacial score (nSPS) is 17.0. The number of aliphatic hydroxyl groups is 1. The van der Waals surface area contributed by atoms with E-state index in [1.54, 1.807) is 6.92 Å². The second-order valence-corrected chi connectivity index (χ2v) is 4.92. The predicted molar refractivity (Wildman–Crippen MR) is 74.1 cm³/mol. The summed E-state index contributed by atoms with van der Waals surface area (Å²) in [5.74, 6) is -0.738. The van der Waals surface area contributed by atoms with Gasteiger partial charge in [0.15, 0.2) is 5.75 Å². The van der Waals surface area contributed by atoms with Crippen LogP contribution in [0.1, 0.15) is 22.9 Å². The summed E-state index contributed by atoms with van der Waals surface area (Å²) >= 11 is 0. The molecule has 0 fully saturated rings. The van der Waals surface area contributed by atoms with E-state index in [-0.39, 0.29) is 17.1 Å². The summed E-state index contributed by atoms with van der Waals surface area (Å²) in [6.07, 6.45) is -1.03. The maximum absolute atomic E-state index is 14.2. The molecule has 0 radical (unpaired) electrons. The minimum absolute atomic E-state index is 0.0153. The highest BCUT2D eigenvalue weighted by Crippen LogP contribution is 2.37. The maximum atomic E-state index is 14.2. The van der Waals surface area contributed by atoms with E-state index in [1.165, 1.54) is 13.2 Å². The molecule has 1 unspecified atom stereocenters. The molecular formula is C14H13FN2O4. The molecule has 21 heavy (non-hydrogen) atoms. The third-order valence-corrected chi connectivity index (χ3v) is 3.72. The van der Waals surface area contributed by atoms with Crippen LogP contribution in [0.15, 0.2) is 15.7 Å². The van der Waals surface area contributed by atoms with Crippen LogP contribution in [0.5, 0.6) is 5.75 Å². The molecule has 2 aromatic rings. The van der Waals surface area contributed by atoms with Crippen molar-refractivity contribution in [3.05, 3.63) is 49.0 Å².